The Bertz CT molecular complexity index is 336. The van der Waals surface area contributed by atoms with Gasteiger partial charge in [0.05, 0.1) is 0 Å². The first kappa shape index (κ1) is 11.3. The largest absolute Gasteiger partial charge is 0.434 e. The molecule has 2 nitrogen and oxygen atoms in total. The second-order valence-corrected chi connectivity index (χ2v) is 3.75. The molecule has 0 bridgehead atoms. The van der Waals surface area contributed by atoms with Crippen molar-refractivity contribution in [2.24, 2.45) is 0 Å². The van der Waals surface area contributed by atoms with Crippen molar-refractivity contribution in [3.63, 3.8) is 0 Å². The minimum absolute atomic E-state index is 0.0457. The number of alkyl halides is 3. The van der Waals surface area contributed by atoms with Crippen LogP contribution in [-0.2, 0) is 6.18 Å². The van der Waals surface area contributed by atoms with Crippen LogP contribution in [0.25, 0.3) is 0 Å². The number of nitrogens with zero attached hydrogens (tertiary/aromatic N) is 2. The molecule has 0 aliphatic heterocycles. The molecule has 0 aromatic carbocycles. The van der Waals surface area contributed by atoms with E-state index in [0.29, 0.717) is 0 Å². The summed E-state index contributed by atoms with van der Waals surface area (Å²) in [6.07, 6.45) is -4.43. The van der Waals surface area contributed by atoms with E-state index >= 15 is 0 Å². The summed E-state index contributed by atoms with van der Waals surface area (Å²) in [6.45, 7) is 0. The molecule has 0 spiro atoms. The second-order valence-electron chi connectivity index (χ2n) is 2.89. The van der Waals surface area contributed by atoms with Crippen molar-refractivity contribution in [2.45, 2.75) is 6.18 Å². The van der Waals surface area contributed by atoms with Crippen LogP contribution < -0.4 is 4.90 Å². The van der Waals surface area contributed by atoms with Gasteiger partial charge in [0.25, 0.3) is 0 Å². The Morgan fingerprint density at radius 1 is 1.29 bits per heavy atom. The van der Waals surface area contributed by atoms with Crippen LogP contribution >= 0.6 is 15.9 Å². The zero-order valence-electron chi connectivity index (χ0n) is 7.56. The van der Waals surface area contributed by atoms with Gasteiger partial charge in [0.15, 0.2) is 5.69 Å². The predicted molar refractivity (Wildman–Crippen MR) is 51.3 cm³/mol. The molecule has 0 fully saturated rings. The zero-order valence-corrected chi connectivity index (χ0v) is 9.15. The van der Waals surface area contributed by atoms with E-state index in [9.17, 15) is 13.2 Å². The highest BCUT2D eigenvalue weighted by Crippen LogP contribution is 2.34. The molecule has 0 amide bonds. The highest BCUT2D eigenvalue weighted by atomic mass is 79.9. The molecule has 6 heteroatoms. The lowest BCUT2D eigenvalue weighted by Gasteiger charge is -2.14. The Morgan fingerprint density at radius 2 is 1.86 bits per heavy atom. The van der Waals surface area contributed by atoms with Crippen molar-refractivity contribution in [2.75, 3.05) is 19.0 Å². The van der Waals surface area contributed by atoms with Gasteiger partial charge in [-0.3, -0.25) is 0 Å². The molecule has 78 valence electrons. The number of hydrogen-bond acceptors (Lipinski definition) is 2. The zero-order chi connectivity index (χ0) is 10.9. The summed E-state index contributed by atoms with van der Waals surface area (Å²) in [5.74, 6) is 0.278. The Balaban J connectivity index is 3.22. The third-order valence-corrected chi connectivity index (χ3v) is 2.20. The normalized spacial score (nSPS) is 11.6. The van der Waals surface area contributed by atoms with E-state index in [1.165, 1.54) is 17.0 Å². The molecule has 0 aliphatic rings. The third kappa shape index (κ3) is 2.37. The second kappa shape index (κ2) is 3.76. The van der Waals surface area contributed by atoms with Crippen LogP contribution in [0, 0.1) is 0 Å². The maximum atomic E-state index is 12.4. The fraction of sp³-hybridized carbons (Fsp3) is 0.375. The van der Waals surface area contributed by atoms with Gasteiger partial charge in [0.2, 0.25) is 0 Å². The number of aromatic nitrogens is 1. The quantitative estimate of drug-likeness (QED) is 0.779. The Kier molecular flexibility index (Phi) is 3.04. The topological polar surface area (TPSA) is 16.1 Å². The number of pyridine rings is 1. The smallest absolute Gasteiger partial charge is 0.363 e. The van der Waals surface area contributed by atoms with Crippen LogP contribution in [0.5, 0.6) is 0 Å². The van der Waals surface area contributed by atoms with Crippen LogP contribution in [0.15, 0.2) is 16.6 Å². The van der Waals surface area contributed by atoms with Crippen molar-refractivity contribution in [3.05, 3.63) is 22.3 Å². The summed E-state index contributed by atoms with van der Waals surface area (Å²) in [5.41, 5.74) is -0.899. The number of hydrogen-bond donors (Lipinski definition) is 0. The molecule has 0 unspecified atom stereocenters. The monoisotopic (exact) mass is 268 g/mol. The fourth-order valence-electron chi connectivity index (χ4n) is 0.880. The van der Waals surface area contributed by atoms with Gasteiger partial charge in [0.1, 0.15) is 5.82 Å². The maximum Gasteiger partial charge on any atom is 0.434 e. The fourth-order valence-corrected chi connectivity index (χ4v) is 1.33. The van der Waals surface area contributed by atoms with E-state index in [0.717, 1.165) is 0 Å². The van der Waals surface area contributed by atoms with Crippen molar-refractivity contribution in [1.29, 1.82) is 0 Å². The summed E-state index contributed by atoms with van der Waals surface area (Å²) < 4.78 is 37.1. The highest BCUT2D eigenvalue weighted by Gasteiger charge is 2.35. The van der Waals surface area contributed by atoms with Gasteiger partial charge in [-0.25, -0.2) is 4.98 Å². The van der Waals surface area contributed by atoms with E-state index in [1.54, 1.807) is 14.1 Å². The number of rotatable bonds is 1. The SMILES string of the molecule is CN(C)c1ccc(Br)c(C(F)(F)F)n1. The van der Waals surface area contributed by atoms with Crippen molar-refractivity contribution < 1.29 is 13.2 Å². The van der Waals surface area contributed by atoms with Gasteiger partial charge in [-0.15, -0.1) is 0 Å². The minimum atomic E-state index is -4.43. The molecule has 0 atom stereocenters. The Hall–Kier alpha value is -0.780. The van der Waals surface area contributed by atoms with Crippen LogP contribution in [-0.4, -0.2) is 19.1 Å². The molecule has 0 saturated heterocycles. The summed E-state index contributed by atoms with van der Waals surface area (Å²) >= 11 is 2.81. The number of anilines is 1. The first-order chi connectivity index (χ1) is 6.32. The van der Waals surface area contributed by atoms with Crippen molar-refractivity contribution >= 4 is 21.7 Å². The van der Waals surface area contributed by atoms with Gasteiger partial charge in [-0.1, -0.05) is 0 Å². The van der Waals surface area contributed by atoms with E-state index in [2.05, 4.69) is 20.9 Å². The van der Waals surface area contributed by atoms with Crippen molar-refractivity contribution in [3.8, 4) is 0 Å². The van der Waals surface area contributed by atoms with E-state index in [1.807, 2.05) is 0 Å². The molecule has 1 aromatic rings. The molecule has 0 saturated carbocycles. The van der Waals surface area contributed by atoms with Crippen LogP contribution in [0.3, 0.4) is 0 Å². The van der Waals surface area contributed by atoms with Gasteiger partial charge in [-0.05, 0) is 28.1 Å². The standard InChI is InChI=1S/C8H8BrF3N2/c1-14(2)6-4-3-5(9)7(13-6)8(10,11)12/h3-4H,1-2H3. The third-order valence-electron chi connectivity index (χ3n) is 1.56. The van der Waals surface area contributed by atoms with Gasteiger partial charge >= 0.3 is 6.18 Å². The van der Waals surface area contributed by atoms with E-state index in [4.69, 9.17) is 0 Å². The van der Waals surface area contributed by atoms with E-state index < -0.39 is 11.9 Å². The highest BCUT2D eigenvalue weighted by molar-refractivity contribution is 9.10. The summed E-state index contributed by atoms with van der Waals surface area (Å²) in [4.78, 5) is 5.01. The average molecular weight is 269 g/mol. The molecule has 1 heterocycles. The molecule has 1 aromatic heterocycles. The summed E-state index contributed by atoms with van der Waals surface area (Å²) in [6, 6.07) is 2.85. The maximum absolute atomic E-state index is 12.4. The average Bonchev–Trinajstić information content (AvgIpc) is 2.02. The predicted octanol–water partition coefficient (Wildman–Crippen LogP) is 2.93. The minimum Gasteiger partial charge on any atom is -0.363 e. The molecule has 0 N–H and O–H groups in total. The summed E-state index contributed by atoms with van der Waals surface area (Å²) in [7, 11) is 3.27. The lowest BCUT2D eigenvalue weighted by Crippen LogP contribution is -2.15. The van der Waals surface area contributed by atoms with Crippen molar-refractivity contribution in [1.82, 2.24) is 4.98 Å². The summed E-state index contributed by atoms with van der Waals surface area (Å²) in [5, 5.41) is 0. The van der Waals surface area contributed by atoms with E-state index in [-0.39, 0.29) is 10.3 Å². The lowest BCUT2D eigenvalue weighted by molar-refractivity contribution is -0.141. The van der Waals surface area contributed by atoms with Gasteiger partial charge < -0.3 is 4.90 Å². The first-order valence-corrected chi connectivity index (χ1v) is 4.52. The molecule has 1 rings (SSSR count). The van der Waals surface area contributed by atoms with Crippen LogP contribution in [0.2, 0.25) is 0 Å². The molecule has 0 aliphatic carbocycles. The molecular formula is C8H8BrF3N2. The molecule has 14 heavy (non-hydrogen) atoms. The first-order valence-electron chi connectivity index (χ1n) is 3.73. The van der Waals surface area contributed by atoms with Gasteiger partial charge in [-0.2, -0.15) is 13.2 Å². The number of halogens is 4. The van der Waals surface area contributed by atoms with Crippen LogP contribution in [0.1, 0.15) is 5.69 Å². The van der Waals surface area contributed by atoms with Crippen LogP contribution in [0.4, 0.5) is 19.0 Å². The molecular weight excluding hydrogens is 261 g/mol. The molecule has 0 radical (unpaired) electrons. The Morgan fingerprint density at radius 3 is 2.29 bits per heavy atom. The lowest BCUT2D eigenvalue weighted by atomic mass is 10.3. The van der Waals surface area contributed by atoms with Gasteiger partial charge in [0, 0.05) is 18.6 Å². The Labute approximate surface area is 87.9 Å².